The molecule has 1 atom stereocenters. The van der Waals surface area contributed by atoms with Gasteiger partial charge in [0, 0.05) is 27.6 Å². The van der Waals surface area contributed by atoms with Crippen LogP contribution in [0.25, 0.3) is 6.08 Å². The molecular weight excluding hydrogens is 532 g/mol. The number of cyclic esters (lactones) is 1. The molecule has 2 aliphatic heterocycles. The first-order chi connectivity index (χ1) is 17.1. The first kappa shape index (κ1) is 25.9. The molecule has 1 fully saturated rings. The Morgan fingerprint density at radius 2 is 1.97 bits per heavy atom. The Morgan fingerprint density at radius 3 is 2.67 bits per heavy atom. The maximum absolute atomic E-state index is 12.5. The summed E-state index contributed by atoms with van der Waals surface area (Å²) in [7, 11) is 1.56. The molecule has 36 heavy (non-hydrogen) atoms. The lowest BCUT2D eigenvalue weighted by molar-refractivity contribution is -0.148. The van der Waals surface area contributed by atoms with Gasteiger partial charge in [0.25, 0.3) is 0 Å². The number of halogens is 1. The van der Waals surface area contributed by atoms with Gasteiger partial charge in [0.05, 0.1) is 20.1 Å². The molecule has 0 radical (unpaired) electrons. The van der Waals surface area contributed by atoms with Crippen molar-refractivity contribution in [3.05, 3.63) is 51.5 Å². The lowest BCUT2D eigenvalue weighted by Gasteiger charge is -2.20. The molecule has 192 valence electrons. The Labute approximate surface area is 218 Å². The molecule has 0 spiro atoms. The topological polar surface area (TPSA) is 89.5 Å². The Kier molecular flexibility index (Phi) is 7.78. The number of ether oxygens (including phenoxy) is 6. The fourth-order valence-electron chi connectivity index (χ4n) is 4.07. The molecule has 9 heteroatoms. The molecule has 2 heterocycles. The average Bonchev–Trinajstić information content (AvgIpc) is 3.45. The molecule has 0 unspecified atom stereocenters. The first-order valence-electron chi connectivity index (χ1n) is 11.6. The van der Waals surface area contributed by atoms with Crippen LogP contribution in [0, 0.1) is 5.92 Å². The van der Waals surface area contributed by atoms with Crippen molar-refractivity contribution < 1.29 is 38.0 Å². The zero-order valence-electron chi connectivity index (χ0n) is 20.7. The van der Waals surface area contributed by atoms with Crippen molar-refractivity contribution in [2.75, 3.05) is 20.5 Å². The van der Waals surface area contributed by atoms with E-state index in [1.165, 1.54) is 6.08 Å². The minimum absolute atomic E-state index is 0.0320. The van der Waals surface area contributed by atoms with Crippen LogP contribution in [0.5, 0.6) is 23.0 Å². The van der Waals surface area contributed by atoms with Crippen molar-refractivity contribution in [2.24, 2.45) is 5.92 Å². The van der Waals surface area contributed by atoms with Gasteiger partial charge in [-0.15, -0.1) is 0 Å². The third kappa shape index (κ3) is 6.13. The molecule has 1 saturated heterocycles. The number of hydrogen-bond donors (Lipinski definition) is 0. The first-order valence-corrected chi connectivity index (χ1v) is 12.4. The van der Waals surface area contributed by atoms with E-state index in [1.54, 1.807) is 13.2 Å². The molecule has 4 rings (SSSR count). The summed E-state index contributed by atoms with van der Waals surface area (Å²) in [6.07, 6.45) is 3.96. The Hall–Kier alpha value is -3.20. The van der Waals surface area contributed by atoms with Crippen LogP contribution in [0.15, 0.2) is 34.8 Å². The summed E-state index contributed by atoms with van der Waals surface area (Å²) in [5.74, 6) is 1.58. The Bertz CT molecular complexity index is 1180. The molecule has 2 aromatic rings. The lowest BCUT2D eigenvalue weighted by atomic mass is 9.93. The summed E-state index contributed by atoms with van der Waals surface area (Å²) in [6, 6.07) is 7.44. The van der Waals surface area contributed by atoms with Gasteiger partial charge in [0.2, 0.25) is 6.79 Å². The van der Waals surface area contributed by atoms with Crippen LogP contribution < -0.4 is 18.9 Å². The van der Waals surface area contributed by atoms with Crippen molar-refractivity contribution in [1.82, 2.24) is 0 Å². The van der Waals surface area contributed by atoms with E-state index in [4.69, 9.17) is 28.4 Å². The summed E-state index contributed by atoms with van der Waals surface area (Å²) in [4.78, 5) is 24.1. The van der Waals surface area contributed by atoms with Crippen LogP contribution in [0.1, 0.15) is 43.9 Å². The zero-order chi connectivity index (χ0) is 25.9. The second kappa shape index (κ2) is 10.8. The SMILES string of the molecule is COc1ccc(C[C@H]2COC(=O)C2)c(/C=C/C(=O)OC(C)(C)C)c1OCc1c(Br)ccc2c1OCO2. The van der Waals surface area contributed by atoms with Gasteiger partial charge in [-0.3, -0.25) is 4.79 Å². The van der Waals surface area contributed by atoms with Gasteiger partial charge in [0.15, 0.2) is 23.0 Å². The zero-order valence-corrected chi connectivity index (χ0v) is 22.3. The number of methoxy groups -OCH3 is 1. The van der Waals surface area contributed by atoms with Gasteiger partial charge in [-0.05, 0) is 57.0 Å². The van der Waals surface area contributed by atoms with E-state index in [2.05, 4.69) is 15.9 Å². The molecule has 2 aliphatic rings. The van der Waals surface area contributed by atoms with Crippen LogP contribution in [0.4, 0.5) is 0 Å². The van der Waals surface area contributed by atoms with Gasteiger partial charge < -0.3 is 28.4 Å². The minimum atomic E-state index is -0.623. The summed E-state index contributed by atoms with van der Waals surface area (Å²) in [5, 5.41) is 0. The van der Waals surface area contributed by atoms with Gasteiger partial charge in [0.1, 0.15) is 12.2 Å². The van der Waals surface area contributed by atoms with Gasteiger partial charge in [-0.25, -0.2) is 4.79 Å². The lowest BCUT2D eigenvalue weighted by Crippen LogP contribution is -2.22. The smallest absolute Gasteiger partial charge is 0.331 e. The summed E-state index contributed by atoms with van der Waals surface area (Å²) >= 11 is 3.57. The Morgan fingerprint density at radius 1 is 1.17 bits per heavy atom. The van der Waals surface area contributed by atoms with E-state index in [1.807, 2.05) is 45.0 Å². The number of fused-ring (bicyclic) bond motifs is 1. The number of rotatable bonds is 8. The summed E-state index contributed by atoms with van der Waals surface area (Å²) in [6.45, 7) is 6.08. The molecular formula is C27H29BrO8. The van der Waals surface area contributed by atoms with Gasteiger partial charge >= 0.3 is 11.9 Å². The predicted molar refractivity (Wildman–Crippen MR) is 135 cm³/mol. The molecule has 0 N–H and O–H groups in total. The van der Waals surface area contributed by atoms with Crippen molar-refractivity contribution in [3.8, 4) is 23.0 Å². The fraction of sp³-hybridized carbons (Fsp3) is 0.407. The van der Waals surface area contributed by atoms with Crippen LogP contribution in [-0.4, -0.2) is 38.0 Å². The van der Waals surface area contributed by atoms with Crippen molar-refractivity contribution in [3.63, 3.8) is 0 Å². The number of carbonyl (C=O) groups excluding carboxylic acids is 2. The maximum atomic E-state index is 12.5. The Balaban J connectivity index is 1.69. The number of hydrogen-bond acceptors (Lipinski definition) is 8. The van der Waals surface area contributed by atoms with E-state index in [0.717, 1.165) is 15.6 Å². The van der Waals surface area contributed by atoms with Crippen molar-refractivity contribution in [1.29, 1.82) is 0 Å². The number of benzene rings is 2. The molecule has 0 amide bonds. The number of carbonyl (C=O) groups is 2. The van der Waals surface area contributed by atoms with E-state index < -0.39 is 11.6 Å². The highest BCUT2D eigenvalue weighted by Gasteiger charge is 2.27. The molecule has 2 aromatic carbocycles. The molecule has 0 saturated carbocycles. The second-order valence-electron chi connectivity index (χ2n) is 9.54. The van der Waals surface area contributed by atoms with Crippen LogP contribution in [-0.2, 0) is 32.1 Å². The fourth-order valence-corrected chi connectivity index (χ4v) is 4.50. The van der Waals surface area contributed by atoms with Gasteiger partial charge in [-0.2, -0.15) is 0 Å². The highest BCUT2D eigenvalue weighted by Crippen LogP contribution is 2.42. The van der Waals surface area contributed by atoms with Crippen LogP contribution >= 0.6 is 15.9 Å². The van der Waals surface area contributed by atoms with E-state index >= 15 is 0 Å². The maximum Gasteiger partial charge on any atom is 0.331 e. The largest absolute Gasteiger partial charge is 0.493 e. The third-order valence-electron chi connectivity index (χ3n) is 5.65. The monoisotopic (exact) mass is 560 g/mol. The molecule has 0 bridgehead atoms. The van der Waals surface area contributed by atoms with Crippen LogP contribution in [0.2, 0.25) is 0 Å². The normalized spacial score (nSPS) is 16.8. The highest BCUT2D eigenvalue weighted by atomic mass is 79.9. The number of esters is 2. The van der Waals surface area contributed by atoms with Crippen molar-refractivity contribution >= 4 is 33.9 Å². The van der Waals surface area contributed by atoms with E-state index in [9.17, 15) is 9.59 Å². The summed E-state index contributed by atoms with van der Waals surface area (Å²) in [5.41, 5.74) is 1.72. The molecule has 0 aliphatic carbocycles. The van der Waals surface area contributed by atoms with E-state index in [-0.39, 0.29) is 25.3 Å². The average molecular weight is 561 g/mol. The predicted octanol–water partition coefficient (Wildman–Crippen LogP) is 5.23. The molecule has 8 nitrogen and oxygen atoms in total. The third-order valence-corrected chi connectivity index (χ3v) is 6.40. The second-order valence-corrected chi connectivity index (χ2v) is 10.4. The van der Waals surface area contributed by atoms with Gasteiger partial charge in [-0.1, -0.05) is 22.0 Å². The quantitative estimate of drug-likeness (QED) is 0.320. The van der Waals surface area contributed by atoms with E-state index in [0.29, 0.717) is 48.0 Å². The minimum Gasteiger partial charge on any atom is -0.493 e. The highest BCUT2D eigenvalue weighted by molar-refractivity contribution is 9.10. The standard InChI is InChI=1S/C27H29BrO8/c1-27(2,3)36-23(29)10-6-18-17(11-16-12-24(30)32-13-16)5-8-21(31-4)25(18)33-14-19-20(28)7-9-22-26(19)35-15-34-22/h5-10,16H,11-15H2,1-4H3/b10-6+/t16-/m1/s1. The molecule has 0 aromatic heterocycles. The van der Waals surface area contributed by atoms with Crippen LogP contribution in [0.3, 0.4) is 0 Å². The summed E-state index contributed by atoms with van der Waals surface area (Å²) < 4.78 is 34.5. The van der Waals surface area contributed by atoms with Crippen molar-refractivity contribution in [2.45, 2.75) is 45.8 Å².